The number of hydrogen-bond donors (Lipinski definition) is 1. The number of rotatable bonds is 7. The molecule has 2 aromatic carbocycles. The molecular formula is C24H26ClFN2O3S. The Morgan fingerprint density at radius 2 is 1.84 bits per heavy atom. The molecule has 1 amide bonds. The van der Waals surface area contributed by atoms with Crippen LogP contribution in [0.2, 0.25) is 5.02 Å². The fourth-order valence-electron chi connectivity index (χ4n) is 3.52. The minimum atomic E-state index is -4.25. The lowest BCUT2D eigenvalue weighted by Gasteiger charge is -2.21. The molecule has 0 fully saturated rings. The summed E-state index contributed by atoms with van der Waals surface area (Å²) in [6.45, 7) is 12.8. The van der Waals surface area contributed by atoms with E-state index in [1.165, 1.54) is 18.2 Å². The van der Waals surface area contributed by atoms with Crippen molar-refractivity contribution in [1.82, 2.24) is 4.72 Å². The normalized spacial score (nSPS) is 11.5. The first kappa shape index (κ1) is 25.6. The van der Waals surface area contributed by atoms with Crippen molar-refractivity contribution in [3.05, 3.63) is 69.5 Å². The van der Waals surface area contributed by atoms with Crippen LogP contribution in [0.3, 0.4) is 0 Å². The first-order valence-electron chi connectivity index (χ1n) is 10.1. The summed E-state index contributed by atoms with van der Waals surface area (Å²) in [5.41, 5.74) is 2.55. The van der Waals surface area contributed by atoms with Crippen molar-refractivity contribution in [3.63, 3.8) is 0 Å². The fourth-order valence-corrected chi connectivity index (χ4v) is 5.05. The van der Waals surface area contributed by atoms with E-state index in [9.17, 15) is 22.9 Å². The Labute approximate surface area is 194 Å². The largest absolute Gasteiger partial charge is 0.274 e. The summed E-state index contributed by atoms with van der Waals surface area (Å²) in [6, 6.07) is 7.60. The molecule has 0 aliphatic rings. The molecule has 0 spiro atoms. The highest BCUT2D eigenvalue weighted by Gasteiger charge is 2.26. The number of sulfonamides is 1. The van der Waals surface area contributed by atoms with Crippen molar-refractivity contribution in [1.29, 1.82) is 5.26 Å². The van der Waals surface area contributed by atoms with Crippen molar-refractivity contribution in [2.24, 2.45) is 0 Å². The predicted molar refractivity (Wildman–Crippen MR) is 124 cm³/mol. The molecule has 32 heavy (non-hydrogen) atoms. The quantitative estimate of drug-likeness (QED) is 0.557. The van der Waals surface area contributed by atoms with Crippen LogP contribution in [0.15, 0.2) is 35.7 Å². The summed E-state index contributed by atoms with van der Waals surface area (Å²) in [6.07, 6.45) is -0.357. The van der Waals surface area contributed by atoms with E-state index in [2.05, 4.69) is 6.58 Å². The van der Waals surface area contributed by atoms with Crippen LogP contribution in [0.5, 0.6) is 0 Å². The van der Waals surface area contributed by atoms with Gasteiger partial charge in [0.2, 0.25) is 5.91 Å². The number of benzene rings is 2. The summed E-state index contributed by atoms with van der Waals surface area (Å²) < 4.78 is 42.5. The number of nitrogens with one attached hydrogen (secondary N) is 1. The first-order chi connectivity index (χ1) is 14.8. The van der Waals surface area contributed by atoms with Crippen molar-refractivity contribution in [2.45, 2.75) is 57.8 Å². The van der Waals surface area contributed by atoms with Gasteiger partial charge in [0, 0.05) is 0 Å². The van der Waals surface area contributed by atoms with Gasteiger partial charge in [0.1, 0.15) is 16.8 Å². The second-order valence-electron chi connectivity index (χ2n) is 8.27. The number of nitriles is 1. The number of carbonyl (C=O) groups excluding carboxylic acids is 1. The van der Waals surface area contributed by atoms with Crippen LogP contribution in [-0.2, 0) is 21.2 Å². The third-order valence-corrected chi connectivity index (χ3v) is 6.92. The minimum absolute atomic E-state index is 0.0408. The Hall–Kier alpha value is -2.69. The second-order valence-corrected chi connectivity index (χ2v) is 10.3. The standard InChI is InChI=1S/C24H26ClFN2O3S/c1-13(2)16-7-8-21(20(25)10-16)32(30,31)28-22(29)11-19-18(14(3)4)9-17(12-27)24(26)23(19)15(5)6/h7-10,14-15H,1,11H2,2-6H3,(H,28,29). The average Bonchev–Trinajstić information content (AvgIpc) is 2.66. The maximum absolute atomic E-state index is 14.9. The number of carbonyl (C=O) groups is 1. The third kappa shape index (κ3) is 5.37. The zero-order chi connectivity index (χ0) is 24.4. The molecule has 0 heterocycles. The zero-order valence-electron chi connectivity index (χ0n) is 18.7. The Bertz CT molecular complexity index is 1230. The zero-order valence-corrected chi connectivity index (χ0v) is 20.3. The summed E-state index contributed by atoms with van der Waals surface area (Å²) in [5.74, 6) is -1.93. The van der Waals surface area contributed by atoms with E-state index in [4.69, 9.17) is 11.6 Å². The molecule has 0 bridgehead atoms. The highest BCUT2D eigenvalue weighted by molar-refractivity contribution is 7.90. The lowest BCUT2D eigenvalue weighted by molar-refractivity contribution is -0.118. The Morgan fingerprint density at radius 3 is 2.31 bits per heavy atom. The van der Waals surface area contributed by atoms with Gasteiger partial charge < -0.3 is 0 Å². The summed E-state index contributed by atoms with van der Waals surface area (Å²) in [5, 5.41) is 9.25. The van der Waals surface area contributed by atoms with Gasteiger partial charge in [-0.25, -0.2) is 17.5 Å². The van der Waals surface area contributed by atoms with Gasteiger partial charge in [-0.05, 0) is 59.2 Å². The van der Waals surface area contributed by atoms with Gasteiger partial charge in [-0.1, -0.05) is 57.5 Å². The van der Waals surface area contributed by atoms with Gasteiger partial charge in [-0.15, -0.1) is 0 Å². The number of allylic oxidation sites excluding steroid dienone is 1. The third-order valence-electron chi connectivity index (χ3n) is 5.07. The Balaban J connectivity index is 2.46. The summed E-state index contributed by atoms with van der Waals surface area (Å²) >= 11 is 6.14. The number of nitrogens with zero attached hydrogens (tertiary/aromatic N) is 1. The second kappa shape index (κ2) is 9.85. The van der Waals surface area contributed by atoms with Crippen LogP contribution >= 0.6 is 11.6 Å². The smallest absolute Gasteiger partial charge is 0.265 e. The van der Waals surface area contributed by atoms with Gasteiger partial charge in [0.05, 0.1) is 17.0 Å². The van der Waals surface area contributed by atoms with E-state index in [-0.39, 0.29) is 39.3 Å². The average molecular weight is 477 g/mol. The Kier molecular flexibility index (Phi) is 7.87. The minimum Gasteiger partial charge on any atom is -0.274 e. The van der Waals surface area contributed by atoms with Gasteiger partial charge in [0.15, 0.2) is 0 Å². The number of amides is 1. The molecule has 0 atom stereocenters. The van der Waals surface area contributed by atoms with Gasteiger partial charge >= 0.3 is 0 Å². The van der Waals surface area contributed by atoms with E-state index in [1.807, 2.05) is 24.6 Å². The molecule has 1 N–H and O–H groups in total. The molecule has 0 saturated carbocycles. The molecule has 170 valence electrons. The predicted octanol–water partition coefficient (Wildman–Crippen LogP) is 5.68. The summed E-state index contributed by atoms with van der Waals surface area (Å²) in [4.78, 5) is 12.5. The molecule has 8 heteroatoms. The van der Waals surface area contributed by atoms with Crippen LogP contribution < -0.4 is 4.72 Å². The maximum Gasteiger partial charge on any atom is 0.265 e. The monoisotopic (exact) mass is 476 g/mol. The van der Waals surface area contributed by atoms with E-state index in [1.54, 1.807) is 26.8 Å². The highest BCUT2D eigenvalue weighted by atomic mass is 35.5. The van der Waals surface area contributed by atoms with Gasteiger partial charge in [0.25, 0.3) is 10.0 Å². The number of halogens is 2. The molecular weight excluding hydrogens is 451 g/mol. The topological polar surface area (TPSA) is 87.0 Å². The molecule has 0 aliphatic heterocycles. The van der Waals surface area contributed by atoms with E-state index in [0.717, 1.165) is 0 Å². The highest BCUT2D eigenvalue weighted by Crippen LogP contribution is 2.33. The SMILES string of the molecule is C=C(C)c1ccc(S(=O)(=O)NC(=O)Cc2c(C(C)C)cc(C#N)c(F)c2C(C)C)c(Cl)c1. The molecule has 0 radical (unpaired) electrons. The molecule has 2 rings (SSSR count). The van der Waals surface area contributed by atoms with Crippen LogP contribution in [0.4, 0.5) is 4.39 Å². The molecule has 2 aromatic rings. The van der Waals surface area contributed by atoms with E-state index < -0.39 is 21.7 Å². The molecule has 0 aliphatic carbocycles. The molecule has 0 saturated heterocycles. The molecule has 0 aromatic heterocycles. The fraction of sp³-hybridized carbons (Fsp3) is 0.333. The van der Waals surface area contributed by atoms with Crippen molar-refractivity contribution in [2.75, 3.05) is 0 Å². The van der Waals surface area contributed by atoms with Crippen molar-refractivity contribution >= 4 is 33.1 Å². The molecule has 0 unspecified atom stereocenters. The molecule has 5 nitrogen and oxygen atoms in total. The number of hydrogen-bond acceptors (Lipinski definition) is 4. The first-order valence-corrected chi connectivity index (χ1v) is 11.9. The maximum atomic E-state index is 14.9. The van der Waals surface area contributed by atoms with E-state index >= 15 is 0 Å². The van der Waals surface area contributed by atoms with Crippen molar-refractivity contribution < 1.29 is 17.6 Å². The summed E-state index contributed by atoms with van der Waals surface area (Å²) in [7, 11) is -4.25. The lowest BCUT2D eigenvalue weighted by atomic mass is 9.85. The van der Waals surface area contributed by atoms with Gasteiger partial charge in [-0.3, -0.25) is 4.79 Å². The Morgan fingerprint density at radius 1 is 1.22 bits per heavy atom. The van der Waals surface area contributed by atoms with Gasteiger partial charge in [-0.2, -0.15) is 5.26 Å². The van der Waals surface area contributed by atoms with E-state index in [0.29, 0.717) is 22.3 Å². The van der Waals surface area contributed by atoms with Crippen LogP contribution in [-0.4, -0.2) is 14.3 Å². The van der Waals surface area contributed by atoms with Crippen LogP contribution in [0.25, 0.3) is 5.57 Å². The van der Waals surface area contributed by atoms with Crippen LogP contribution in [0, 0.1) is 17.1 Å². The lowest BCUT2D eigenvalue weighted by Crippen LogP contribution is -2.32. The van der Waals surface area contributed by atoms with Crippen molar-refractivity contribution in [3.8, 4) is 6.07 Å². The van der Waals surface area contributed by atoms with Crippen LogP contribution in [0.1, 0.15) is 74.3 Å².